The molecule has 4 nitrogen and oxygen atoms in total. The lowest BCUT2D eigenvalue weighted by Gasteiger charge is -2.13. The molecule has 0 aliphatic carbocycles. The van der Waals surface area contributed by atoms with Crippen molar-refractivity contribution < 1.29 is 21.6 Å². The topological polar surface area (TPSA) is 58.2 Å². The van der Waals surface area contributed by atoms with Crippen LogP contribution in [0.5, 0.6) is 0 Å². The van der Waals surface area contributed by atoms with Crippen LogP contribution in [0.4, 0.5) is 18.9 Å². The SMILES string of the molecule is Cc1cc(NS(=O)(=O)NCC(F)(F)F)cc(C)c1Br. The molecule has 9 heteroatoms. The molecule has 2 N–H and O–H groups in total. The minimum Gasteiger partial charge on any atom is -0.271 e. The Morgan fingerprint density at radius 2 is 1.68 bits per heavy atom. The van der Waals surface area contributed by atoms with Crippen LogP contribution in [0.25, 0.3) is 0 Å². The van der Waals surface area contributed by atoms with Crippen molar-refractivity contribution in [2.75, 3.05) is 11.3 Å². The van der Waals surface area contributed by atoms with Crippen molar-refractivity contribution in [3.8, 4) is 0 Å². The number of halogens is 4. The maximum absolute atomic E-state index is 11.9. The molecule has 0 saturated heterocycles. The molecule has 0 saturated carbocycles. The van der Waals surface area contributed by atoms with Gasteiger partial charge in [0.15, 0.2) is 0 Å². The van der Waals surface area contributed by atoms with Gasteiger partial charge in [-0.1, -0.05) is 15.9 Å². The zero-order valence-corrected chi connectivity index (χ0v) is 12.5. The molecule has 0 aromatic heterocycles. The van der Waals surface area contributed by atoms with Crippen molar-refractivity contribution in [2.24, 2.45) is 0 Å². The molecular weight excluding hydrogens is 349 g/mol. The zero-order chi connectivity index (χ0) is 14.8. The summed E-state index contributed by atoms with van der Waals surface area (Å²) < 4.78 is 63.0. The fourth-order valence-corrected chi connectivity index (χ4v) is 2.46. The Bertz CT molecular complexity index is 550. The second kappa shape index (κ2) is 5.68. The van der Waals surface area contributed by atoms with Crippen molar-refractivity contribution in [2.45, 2.75) is 20.0 Å². The third-order valence-electron chi connectivity index (χ3n) is 2.15. The third-order valence-corrected chi connectivity index (χ3v) is 4.43. The van der Waals surface area contributed by atoms with E-state index >= 15 is 0 Å². The van der Waals surface area contributed by atoms with Crippen molar-refractivity contribution in [1.29, 1.82) is 0 Å². The average Bonchev–Trinajstić information content (AvgIpc) is 2.22. The van der Waals surface area contributed by atoms with Gasteiger partial charge in [0.25, 0.3) is 10.2 Å². The van der Waals surface area contributed by atoms with Gasteiger partial charge in [-0.05, 0) is 37.1 Å². The van der Waals surface area contributed by atoms with E-state index in [9.17, 15) is 21.6 Å². The van der Waals surface area contributed by atoms with Crippen LogP contribution in [0, 0.1) is 13.8 Å². The quantitative estimate of drug-likeness (QED) is 0.867. The summed E-state index contributed by atoms with van der Waals surface area (Å²) in [5.41, 5.74) is 1.75. The van der Waals surface area contributed by atoms with Crippen LogP contribution < -0.4 is 9.44 Å². The molecule has 0 aliphatic rings. The van der Waals surface area contributed by atoms with Gasteiger partial charge < -0.3 is 0 Å². The van der Waals surface area contributed by atoms with Crippen LogP contribution in [0.1, 0.15) is 11.1 Å². The Morgan fingerprint density at radius 3 is 2.11 bits per heavy atom. The van der Waals surface area contributed by atoms with Crippen molar-refractivity contribution >= 4 is 31.8 Å². The highest BCUT2D eigenvalue weighted by Gasteiger charge is 2.29. The van der Waals surface area contributed by atoms with Crippen LogP contribution in [-0.2, 0) is 10.2 Å². The Hall–Kier alpha value is -0.800. The molecule has 0 spiro atoms. The van der Waals surface area contributed by atoms with E-state index in [2.05, 4.69) is 15.9 Å². The molecule has 0 radical (unpaired) electrons. The normalized spacial score (nSPS) is 12.5. The first-order chi connectivity index (χ1) is 8.50. The van der Waals surface area contributed by atoms with Gasteiger partial charge in [0.1, 0.15) is 6.54 Å². The van der Waals surface area contributed by atoms with E-state index in [1.54, 1.807) is 13.8 Å². The average molecular weight is 361 g/mol. The smallest absolute Gasteiger partial charge is 0.271 e. The number of nitrogens with one attached hydrogen (secondary N) is 2. The van der Waals surface area contributed by atoms with Gasteiger partial charge in [-0.25, -0.2) is 0 Å². The van der Waals surface area contributed by atoms with E-state index in [4.69, 9.17) is 0 Å². The van der Waals surface area contributed by atoms with E-state index in [0.29, 0.717) is 0 Å². The largest absolute Gasteiger partial charge is 0.402 e. The molecule has 0 bridgehead atoms. The highest BCUT2D eigenvalue weighted by Crippen LogP contribution is 2.25. The second-order valence-electron chi connectivity index (χ2n) is 3.97. The standard InChI is InChI=1S/C10H12BrF3N2O2S/c1-6-3-8(4-7(2)9(6)11)16-19(17,18)15-5-10(12,13)14/h3-4,15-16H,5H2,1-2H3. The molecule has 0 atom stereocenters. The predicted octanol–water partition coefficient (Wildman–Crippen LogP) is 2.87. The zero-order valence-electron chi connectivity index (χ0n) is 10.1. The van der Waals surface area contributed by atoms with E-state index in [1.807, 2.05) is 4.72 Å². The second-order valence-corrected chi connectivity index (χ2v) is 6.26. The third kappa shape index (κ3) is 5.37. The summed E-state index contributed by atoms with van der Waals surface area (Å²) >= 11 is 3.31. The Labute approximate surface area is 117 Å². The van der Waals surface area contributed by atoms with Crippen molar-refractivity contribution in [1.82, 2.24) is 4.72 Å². The molecule has 1 rings (SSSR count). The van der Waals surface area contributed by atoms with E-state index < -0.39 is 22.9 Å². The summed E-state index contributed by atoms with van der Waals surface area (Å²) in [6.45, 7) is 1.88. The van der Waals surface area contributed by atoms with Gasteiger partial charge in [-0.3, -0.25) is 4.72 Å². The molecular formula is C10H12BrF3N2O2S. The summed E-state index contributed by atoms with van der Waals surface area (Å²) in [6.07, 6.45) is -4.60. The molecule has 0 amide bonds. The molecule has 0 unspecified atom stereocenters. The summed E-state index contributed by atoms with van der Waals surface area (Å²) in [5, 5.41) is 0. The Balaban J connectivity index is 2.84. The first-order valence-electron chi connectivity index (χ1n) is 5.11. The highest BCUT2D eigenvalue weighted by atomic mass is 79.9. The molecule has 0 aliphatic heterocycles. The summed E-state index contributed by atoms with van der Waals surface area (Å²) in [7, 11) is -4.25. The minimum atomic E-state index is -4.60. The molecule has 19 heavy (non-hydrogen) atoms. The van der Waals surface area contributed by atoms with Gasteiger partial charge in [0, 0.05) is 4.47 Å². The lowest BCUT2D eigenvalue weighted by Crippen LogP contribution is -2.37. The number of alkyl halides is 3. The van der Waals surface area contributed by atoms with Crippen molar-refractivity contribution in [3.05, 3.63) is 27.7 Å². The number of hydrogen-bond donors (Lipinski definition) is 2. The van der Waals surface area contributed by atoms with Gasteiger partial charge >= 0.3 is 6.18 Å². The number of rotatable bonds is 4. The number of anilines is 1. The lowest BCUT2D eigenvalue weighted by atomic mass is 10.1. The van der Waals surface area contributed by atoms with Crippen LogP contribution in [0.15, 0.2) is 16.6 Å². The number of hydrogen-bond acceptors (Lipinski definition) is 2. The van der Waals surface area contributed by atoms with Crippen LogP contribution in [0.2, 0.25) is 0 Å². The molecule has 0 fully saturated rings. The first-order valence-corrected chi connectivity index (χ1v) is 7.39. The monoisotopic (exact) mass is 360 g/mol. The van der Waals surface area contributed by atoms with E-state index in [0.717, 1.165) is 15.6 Å². The van der Waals surface area contributed by atoms with Crippen LogP contribution in [-0.4, -0.2) is 21.1 Å². The van der Waals surface area contributed by atoms with E-state index in [1.165, 1.54) is 16.9 Å². The van der Waals surface area contributed by atoms with E-state index in [-0.39, 0.29) is 5.69 Å². The van der Waals surface area contributed by atoms with Crippen molar-refractivity contribution in [3.63, 3.8) is 0 Å². The van der Waals surface area contributed by atoms with Crippen LogP contribution >= 0.6 is 15.9 Å². The highest BCUT2D eigenvalue weighted by molar-refractivity contribution is 9.10. The number of aryl methyl sites for hydroxylation is 2. The molecule has 108 valence electrons. The lowest BCUT2D eigenvalue weighted by molar-refractivity contribution is -0.121. The summed E-state index contributed by atoms with van der Waals surface area (Å²) in [4.78, 5) is 0. The molecule has 0 heterocycles. The maximum Gasteiger partial charge on any atom is 0.402 e. The fraction of sp³-hybridized carbons (Fsp3) is 0.400. The predicted molar refractivity (Wildman–Crippen MR) is 70.2 cm³/mol. The minimum absolute atomic E-state index is 0.202. The van der Waals surface area contributed by atoms with Crippen LogP contribution in [0.3, 0.4) is 0 Å². The first kappa shape index (κ1) is 16.3. The maximum atomic E-state index is 11.9. The Kier molecular flexibility index (Phi) is 4.86. The number of benzene rings is 1. The van der Waals surface area contributed by atoms with Gasteiger partial charge in [0.05, 0.1) is 5.69 Å². The Morgan fingerprint density at radius 1 is 1.21 bits per heavy atom. The van der Waals surface area contributed by atoms with Gasteiger partial charge in [0.2, 0.25) is 0 Å². The molecule has 1 aromatic rings. The fourth-order valence-electron chi connectivity index (χ4n) is 1.37. The van der Waals surface area contributed by atoms with Gasteiger partial charge in [-0.2, -0.15) is 26.3 Å². The summed E-state index contributed by atoms with van der Waals surface area (Å²) in [6, 6.07) is 3.04. The summed E-state index contributed by atoms with van der Waals surface area (Å²) in [5.74, 6) is 0. The molecule has 1 aromatic carbocycles. The van der Waals surface area contributed by atoms with Gasteiger partial charge in [-0.15, -0.1) is 0 Å².